The molecular formula is C10H17N3O4. The minimum absolute atomic E-state index is 0.0170. The zero-order chi connectivity index (χ0) is 12.8. The Kier molecular flexibility index (Phi) is 4.89. The first-order chi connectivity index (χ1) is 8.00. The van der Waals surface area contributed by atoms with E-state index in [0.29, 0.717) is 6.42 Å². The Labute approximate surface area is 98.7 Å². The van der Waals surface area contributed by atoms with Crippen molar-refractivity contribution in [3.05, 3.63) is 0 Å². The van der Waals surface area contributed by atoms with Crippen molar-refractivity contribution < 1.29 is 19.5 Å². The van der Waals surface area contributed by atoms with Gasteiger partial charge in [-0.25, -0.2) is 4.79 Å². The number of carboxylic acids is 1. The van der Waals surface area contributed by atoms with Crippen molar-refractivity contribution in [1.29, 1.82) is 0 Å². The third-order valence-corrected chi connectivity index (χ3v) is 2.67. The summed E-state index contributed by atoms with van der Waals surface area (Å²) >= 11 is 0. The van der Waals surface area contributed by atoms with Crippen molar-refractivity contribution in [3.8, 4) is 0 Å². The zero-order valence-corrected chi connectivity index (χ0v) is 9.44. The fourth-order valence-electron chi connectivity index (χ4n) is 1.72. The van der Waals surface area contributed by atoms with Crippen LogP contribution in [-0.2, 0) is 14.4 Å². The van der Waals surface area contributed by atoms with Gasteiger partial charge >= 0.3 is 5.97 Å². The lowest BCUT2D eigenvalue weighted by molar-refractivity contribution is -0.142. The highest BCUT2D eigenvalue weighted by Gasteiger charge is 2.27. The molecule has 0 saturated carbocycles. The molecule has 1 rings (SSSR count). The van der Waals surface area contributed by atoms with Crippen LogP contribution in [0.2, 0.25) is 0 Å². The van der Waals surface area contributed by atoms with Gasteiger partial charge in [0.2, 0.25) is 11.8 Å². The zero-order valence-electron chi connectivity index (χ0n) is 9.44. The number of carbonyl (C=O) groups excluding carboxylic acids is 2. The van der Waals surface area contributed by atoms with Crippen LogP contribution in [0, 0.1) is 0 Å². The van der Waals surface area contributed by atoms with Crippen LogP contribution in [0.25, 0.3) is 0 Å². The lowest BCUT2D eigenvalue weighted by Crippen LogP contribution is -2.48. The number of rotatable bonds is 6. The lowest BCUT2D eigenvalue weighted by Gasteiger charge is -2.16. The van der Waals surface area contributed by atoms with Crippen LogP contribution >= 0.6 is 0 Å². The number of amides is 2. The summed E-state index contributed by atoms with van der Waals surface area (Å²) in [6.45, 7) is 0.761. The molecule has 2 amide bonds. The smallest absolute Gasteiger partial charge is 0.326 e. The van der Waals surface area contributed by atoms with E-state index in [2.05, 4.69) is 10.6 Å². The Morgan fingerprint density at radius 2 is 2.18 bits per heavy atom. The molecule has 96 valence electrons. The number of aliphatic carboxylic acids is 1. The molecule has 0 aromatic rings. The minimum atomic E-state index is -1.16. The summed E-state index contributed by atoms with van der Waals surface area (Å²) in [5, 5.41) is 14.3. The summed E-state index contributed by atoms with van der Waals surface area (Å²) in [6.07, 6.45) is 1.56. The lowest BCUT2D eigenvalue weighted by atomic mass is 10.1. The minimum Gasteiger partial charge on any atom is -0.480 e. The van der Waals surface area contributed by atoms with Crippen LogP contribution in [0.4, 0.5) is 0 Å². The molecule has 0 radical (unpaired) electrons. The maximum Gasteiger partial charge on any atom is 0.326 e. The van der Waals surface area contributed by atoms with E-state index in [1.807, 2.05) is 0 Å². The van der Waals surface area contributed by atoms with E-state index in [4.69, 9.17) is 10.8 Å². The number of carbonyl (C=O) groups is 3. The second kappa shape index (κ2) is 6.19. The molecule has 1 aliphatic rings. The fraction of sp³-hybridized carbons (Fsp3) is 0.700. The Balaban J connectivity index is 2.44. The molecule has 7 heteroatoms. The molecule has 7 nitrogen and oxygen atoms in total. The summed E-state index contributed by atoms with van der Waals surface area (Å²) in [5.41, 5.74) is 4.94. The number of carboxylic acid groups (broad SMARTS) is 1. The average Bonchev–Trinajstić information content (AvgIpc) is 2.76. The summed E-state index contributed by atoms with van der Waals surface area (Å²) in [7, 11) is 0. The molecule has 17 heavy (non-hydrogen) atoms. The van der Waals surface area contributed by atoms with Crippen LogP contribution in [-0.4, -0.2) is 41.5 Å². The van der Waals surface area contributed by atoms with Gasteiger partial charge in [-0.05, 0) is 25.8 Å². The third-order valence-electron chi connectivity index (χ3n) is 2.67. The summed E-state index contributed by atoms with van der Waals surface area (Å²) in [6, 6.07) is -1.39. The molecule has 1 unspecified atom stereocenters. The molecule has 0 bridgehead atoms. The predicted molar refractivity (Wildman–Crippen MR) is 59.0 cm³/mol. The molecule has 5 N–H and O–H groups in total. The van der Waals surface area contributed by atoms with E-state index in [1.165, 1.54) is 0 Å². The largest absolute Gasteiger partial charge is 0.480 e. The van der Waals surface area contributed by atoms with Crippen LogP contribution in [0.3, 0.4) is 0 Å². The fourth-order valence-corrected chi connectivity index (χ4v) is 1.72. The van der Waals surface area contributed by atoms with Gasteiger partial charge in [-0.15, -0.1) is 0 Å². The van der Waals surface area contributed by atoms with Gasteiger partial charge in [0.05, 0.1) is 6.04 Å². The van der Waals surface area contributed by atoms with Crippen molar-refractivity contribution in [2.24, 2.45) is 5.73 Å². The van der Waals surface area contributed by atoms with E-state index >= 15 is 0 Å². The third kappa shape index (κ3) is 4.39. The van der Waals surface area contributed by atoms with Crippen molar-refractivity contribution in [1.82, 2.24) is 10.6 Å². The molecule has 1 heterocycles. The van der Waals surface area contributed by atoms with E-state index in [1.54, 1.807) is 0 Å². The molecule has 0 aliphatic carbocycles. The second-order valence-corrected chi connectivity index (χ2v) is 4.05. The standard InChI is InChI=1S/C10H17N3O4/c11-8(14)4-3-7(10(16)17)13-9(15)6-2-1-5-12-6/h6-7,12H,1-5H2,(H2,11,14)(H,13,15)(H,16,17)/t6-,7?/m1/s1. The highest BCUT2D eigenvalue weighted by atomic mass is 16.4. The maximum atomic E-state index is 11.7. The first-order valence-corrected chi connectivity index (χ1v) is 5.55. The Morgan fingerprint density at radius 1 is 1.47 bits per heavy atom. The van der Waals surface area contributed by atoms with Crippen LogP contribution in [0.1, 0.15) is 25.7 Å². The summed E-state index contributed by atoms with van der Waals surface area (Å²) in [4.78, 5) is 33.1. The normalized spacial score (nSPS) is 20.8. The van der Waals surface area contributed by atoms with Gasteiger partial charge in [0.15, 0.2) is 0 Å². The van der Waals surface area contributed by atoms with Crippen molar-refractivity contribution in [2.45, 2.75) is 37.8 Å². The van der Waals surface area contributed by atoms with E-state index in [9.17, 15) is 14.4 Å². The Bertz CT molecular complexity index is 313. The Morgan fingerprint density at radius 3 is 2.65 bits per heavy atom. The average molecular weight is 243 g/mol. The van der Waals surface area contributed by atoms with Gasteiger partial charge < -0.3 is 21.5 Å². The van der Waals surface area contributed by atoms with Crippen molar-refractivity contribution in [2.75, 3.05) is 6.54 Å². The number of primary amides is 1. The highest BCUT2D eigenvalue weighted by Crippen LogP contribution is 2.06. The van der Waals surface area contributed by atoms with Crippen LogP contribution in [0.15, 0.2) is 0 Å². The van der Waals surface area contributed by atoms with Crippen molar-refractivity contribution >= 4 is 17.8 Å². The molecule has 0 aromatic heterocycles. The van der Waals surface area contributed by atoms with E-state index in [0.717, 1.165) is 13.0 Å². The highest BCUT2D eigenvalue weighted by molar-refractivity contribution is 5.87. The Hall–Kier alpha value is -1.63. The number of hydrogen-bond acceptors (Lipinski definition) is 4. The quantitative estimate of drug-likeness (QED) is 0.456. The van der Waals surface area contributed by atoms with Crippen LogP contribution < -0.4 is 16.4 Å². The molecule has 1 saturated heterocycles. The van der Waals surface area contributed by atoms with E-state index in [-0.39, 0.29) is 24.8 Å². The topological polar surface area (TPSA) is 122 Å². The van der Waals surface area contributed by atoms with Gasteiger partial charge in [-0.2, -0.15) is 0 Å². The molecule has 1 aliphatic heterocycles. The van der Waals surface area contributed by atoms with Gasteiger partial charge in [0.1, 0.15) is 6.04 Å². The van der Waals surface area contributed by atoms with Gasteiger partial charge in [-0.1, -0.05) is 0 Å². The number of nitrogens with two attached hydrogens (primary N) is 1. The number of hydrogen-bond donors (Lipinski definition) is 4. The SMILES string of the molecule is NC(=O)CCC(NC(=O)[C@H]1CCCN1)C(=O)O. The molecule has 1 fully saturated rings. The predicted octanol–water partition coefficient (Wildman–Crippen LogP) is -1.43. The summed E-state index contributed by atoms with van der Waals surface area (Å²) < 4.78 is 0. The summed E-state index contributed by atoms with van der Waals surface area (Å²) in [5.74, 6) is -2.07. The van der Waals surface area contributed by atoms with Gasteiger partial charge in [0.25, 0.3) is 0 Å². The molecule has 0 spiro atoms. The van der Waals surface area contributed by atoms with Gasteiger partial charge in [0, 0.05) is 6.42 Å². The first-order valence-electron chi connectivity index (χ1n) is 5.55. The second-order valence-electron chi connectivity index (χ2n) is 4.05. The van der Waals surface area contributed by atoms with Crippen molar-refractivity contribution in [3.63, 3.8) is 0 Å². The van der Waals surface area contributed by atoms with Gasteiger partial charge in [-0.3, -0.25) is 9.59 Å². The number of nitrogens with one attached hydrogen (secondary N) is 2. The molecule has 0 aromatic carbocycles. The maximum absolute atomic E-state index is 11.7. The van der Waals surface area contributed by atoms with E-state index < -0.39 is 17.9 Å². The van der Waals surface area contributed by atoms with Crippen LogP contribution in [0.5, 0.6) is 0 Å². The molecule has 2 atom stereocenters. The first kappa shape index (κ1) is 13.4. The molecular weight excluding hydrogens is 226 g/mol. The monoisotopic (exact) mass is 243 g/mol.